The second-order valence-electron chi connectivity index (χ2n) is 3.01. The van der Waals surface area contributed by atoms with E-state index in [0.29, 0.717) is 0 Å². The number of ether oxygens (including phenoxy) is 1. The van der Waals surface area contributed by atoms with Gasteiger partial charge >= 0.3 is 6.18 Å². The van der Waals surface area contributed by atoms with Crippen LogP contribution in [0.3, 0.4) is 0 Å². The Bertz CT molecular complexity index is 475. The number of pyridine rings is 1. The summed E-state index contributed by atoms with van der Waals surface area (Å²) in [6.45, 7) is 0. The monoisotopic (exact) mass is 272 g/mol. The first-order chi connectivity index (χ1) is 8.18. The molecule has 18 heavy (non-hydrogen) atoms. The van der Waals surface area contributed by atoms with Gasteiger partial charge in [0.25, 0.3) is 12.1 Å². The van der Waals surface area contributed by atoms with Gasteiger partial charge in [-0.3, -0.25) is 10.1 Å². The van der Waals surface area contributed by atoms with Crippen LogP contribution in [0.4, 0.5) is 27.6 Å². The number of aromatic nitrogens is 1. The molecule has 0 spiro atoms. The molecule has 10 heteroatoms. The minimum atomic E-state index is -5.00. The predicted octanol–water partition coefficient (Wildman–Crippen LogP) is 2.95. The average molecular weight is 272 g/mol. The van der Waals surface area contributed by atoms with Gasteiger partial charge in [-0.25, -0.2) is 13.8 Å². The Morgan fingerprint density at radius 1 is 1.44 bits per heavy atom. The normalized spacial score (nSPS) is 11.7. The lowest BCUT2D eigenvalue weighted by atomic mass is 10.2. The van der Waals surface area contributed by atoms with Crippen molar-refractivity contribution in [2.75, 3.05) is 7.11 Å². The number of alkyl halides is 5. The van der Waals surface area contributed by atoms with E-state index in [0.717, 1.165) is 7.11 Å². The molecule has 0 amide bonds. The Kier molecular flexibility index (Phi) is 3.67. The zero-order chi connectivity index (χ0) is 14.1. The molecular formula is C8H5F5N2O3. The molecule has 0 aromatic carbocycles. The number of nitro groups is 1. The molecule has 0 N–H and O–H groups in total. The van der Waals surface area contributed by atoms with Crippen LogP contribution in [0.15, 0.2) is 6.07 Å². The van der Waals surface area contributed by atoms with Gasteiger partial charge in [0.15, 0.2) is 5.69 Å². The smallest absolute Gasteiger partial charge is 0.421 e. The van der Waals surface area contributed by atoms with Crippen molar-refractivity contribution in [2.45, 2.75) is 12.6 Å². The molecule has 0 saturated heterocycles. The molecule has 5 nitrogen and oxygen atoms in total. The van der Waals surface area contributed by atoms with E-state index in [1.165, 1.54) is 0 Å². The van der Waals surface area contributed by atoms with Crippen molar-refractivity contribution in [3.63, 3.8) is 0 Å². The molecule has 0 bridgehead atoms. The number of nitrogens with zero attached hydrogens (tertiary/aromatic N) is 2. The summed E-state index contributed by atoms with van der Waals surface area (Å²) in [7, 11) is 0.790. The fourth-order valence-electron chi connectivity index (χ4n) is 1.16. The molecule has 0 unspecified atom stereocenters. The van der Waals surface area contributed by atoms with E-state index in [1.54, 1.807) is 0 Å². The number of hydrogen-bond acceptors (Lipinski definition) is 4. The van der Waals surface area contributed by atoms with Crippen LogP contribution in [0, 0.1) is 10.1 Å². The quantitative estimate of drug-likeness (QED) is 0.482. The fourth-order valence-corrected chi connectivity index (χ4v) is 1.16. The second-order valence-corrected chi connectivity index (χ2v) is 3.01. The zero-order valence-electron chi connectivity index (χ0n) is 8.66. The van der Waals surface area contributed by atoms with Crippen LogP contribution >= 0.6 is 0 Å². The van der Waals surface area contributed by atoms with Crippen LogP contribution in [0.1, 0.15) is 17.7 Å². The lowest BCUT2D eigenvalue weighted by molar-refractivity contribution is -0.386. The van der Waals surface area contributed by atoms with Gasteiger partial charge in [-0.05, 0) is 0 Å². The molecule has 0 aliphatic carbocycles. The van der Waals surface area contributed by atoms with E-state index >= 15 is 0 Å². The summed E-state index contributed by atoms with van der Waals surface area (Å²) in [5.74, 6) is -1.14. The average Bonchev–Trinajstić information content (AvgIpc) is 2.25. The minimum absolute atomic E-state index is 0.0205. The molecule has 0 radical (unpaired) electrons. The minimum Gasteiger partial charge on any atom is -0.481 e. The number of hydrogen-bond donors (Lipinski definition) is 0. The van der Waals surface area contributed by atoms with Gasteiger partial charge in [0.1, 0.15) is 5.56 Å². The third-order valence-electron chi connectivity index (χ3n) is 1.90. The van der Waals surface area contributed by atoms with E-state index in [9.17, 15) is 32.1 Å². The largest absolute Gasteiger partial charge is 0.481 e. The van der Waals surface area contributed by atoms with E-state index in [1.807, 2.05) is 0 Å². The lowest BCUT2D eigenvalue weighted by Crippen LogP contribution is -2.12. The second kappa shape index (κ2) is 4.70. The Labute approximate surface area is 96.3 Å². The van der Waals surface area contributed by atoms with Crippen LogP contribution in [-0.2, 0) is 6.18 Å². The SMILES string of the molecule is COc1nc(C(F)F)c([N+](=O)[O-])cc1C(F)(F)F. The highest BCUT2D eigenvalue weighted by Crippen LogP contribution is 2.40. The number of halogens is 5. The molecular weight excluding hydrogens is 267 g/mol. The highest BCUT2D eigenvalue weighted by atomic mass is 19.4. The Morgan fingerprint density at radius 3 is 2.33 bits per heavy atom. The fraction of sp³-hybridized carbons (Fsp3) is 0.375. The Morgan fingerprint density at radius 2 is 2.00 bits per heavy atom. The van der Waals surface area contributed by atoms with E-state index in [-0.39, 0.29) is 6.07 Å². The summed E-state index contributed by atoms with van der Waals surface area (Å²) >= 11 is 0. The molecule has 0 saturated carbocycles. The van der Waals surface area contributed by atoms with Crippen molar-refractivity contribution in [2.24, 2.45) is 0 Å². The first-order valence-corrected chi connectivity index (χ1v) is 4.27. The third-order valence-corrected chi connectivity index (χ3v) is 1.90. The molecule has 0 aliphatic rings. The van der Waals surface area contributed by atoms with Gasteiger partial charge in [-0.1, -0.05) is 0 Å². The summed E-state index contributed by atoms with van der Waals surface area (Å²) in [6.07, 6.45) is -8.38. The molecule has 1 aromatic heterocycles. The maximum atomic E-state index is 12.5. The molecule has 1 heterocycles. The van der Waals surface area contributed by atoms with Gasteiger partial charge in [0.05, 0.1) is 12.0 Å². The van der Waals surface area contributed by atoms with Gasteiger partial charge in [0, 0.05) is 6.07 Å². The zero-order valence-corrected chi connectivity index (χ0v) is 8.66. The van der Waals surface area contributed by atoms with Crippen LogP contribution < -0.4 is 4.74 Å². The van der Waals surface area contributed by atoms with Gasteiger partial charge in [-0.15, -0.1) is 0 Å². The van der Waals surface area contributed by atoms with E-state index in [4.69, 9.17) is 0 Å². The van der Waals surface area contributed by atoms with Crippen LogP contribution in [-0.4, -0.2) is 17.0 Å². The molecule has 1 rings (SSSR count). The highest BCUT2D eigenvalue weighted by molar-refractivity contribution is 5.45. The molecule has 0 fully saturated rings. The lowest BCUT2D eigenvalue weighted by Gasteiger charge is -2.12. The van der Waals surface area contributed by atoms with Crippen molar-refractivity contribution in [3.05, 3.63) is 27.4 Å². The van der Waals surface area contributed by atoms with E-state index in [2.05, 4.69) is 9.72 Å². The predicted molar refractivity (Wildman–Crippen MR) is 47.4 cm³/mol. The Balaban J connectivity index is 3.57. The van der Waals surface area contributed by atoms with Crippen molar-refractivity contribution in [1.29, 1.82) is 0 Å². The molecule has 0 aliphatic heterocycles. The summed E-state index contributed by atoms with van der Waals surface area (Å²) in [4.78, 5) is 11.9. The molecule has 0 atom stereocenters. The Hall–Kier alpha value is -2.00. The number of methoxy groups -OCH3 is 1. The van der Waals surface area contributed by atoms with Crippen molar-refractivity contribution in [1.82, 2.24) is 4.98 Å². The first kappa shape index (κ1) is 14.1. The maximum absolute atomic E-state index is 12.5. The van der Waals surface area contributed by atoms with Crippen LogP contribution in [0.2, 0.25) is 0 Å². The van der Waals surface area contributed by atoms with Gasteiger partial charge in [0.2, 0.25) is 5.88 Å². The third kappa shape index (κ3) is 2.63. The summed E-state index contributed by atoms with van der Waals surface area (Å²) in [5.41, 5.74) is -4.36. The van der Waals surface area contributed by atoms with Crippen molar-refractivity contribution >= 4 is 5.69 Å². The number of rotatable bonds is 3. The summed E-state index contributed by atoms with van der Waals surface area (Å²) < 4.78 is 66.5. The summed E-state index contributed by atoms with van der Waals surface area (Å²) in [5, 5.41) is 10.4. The summed E-state index contributed by atoms with van der Waals surface area (Å²) in [6, 6.07) is -0.0205. The van der Waals surface area contributed by atoms with Crippen LogP contribution in [0.25, 0.3) is 0 Å². The van der Waals surface area contributed by atoms with Gasteiger partial charge < -0.3 is 4.74 Å². The van der Waals surface area contributed by atoms with Crippen molar-refractivity contribution < 1.29 is 31.6 Å². The highest BCUT2D eigenvalue weighted by Gasteiger charge is 2.39. The standard InChI is InChI=1S/C8H5F5N2O3/c1-18-7-3(8(11,12)13)2-4(15(16)17)5(14-7)6(9)10/h2,6H,1H3. The maximum Gasteiger partial charge on any atom is 0.421 e. The topological polar surface area (TPSA) is 65.3 Å². The first-order valence-electron chi connectivity index (χ1n) is 4.27. The molecule has 100 valence electrons. The van der Waals surface area contributed by atoms with E-state index < -0.39 is 40.3 Å². The van der Waals surface area contributed by atoms with Crippen LogP contribution in [0.5, 0.6) is 5.88 Å². The van der Waals surface area contributed by atoms with Crippen molar-refractivity contribution in [3.8, 4) is 5.88 Å². The van der Waals surface area contributed by atoms with Gasteiger partial charge in [-0.2, -0.15) is 13.2 Å². The molecule has 1 aromatic rings.